The van der Waals surface area contributed by atoms with Gasteiger partial charge in [-0.3, -0.25) is 14.6 Å². The summed E-state index contributed by atoms with van der Waals surface area (Å²) in [5.74, 6) is -0.578. The number of nitrogens with zero attached hydrogens (tertiary/aromatic N) is 4. The lowest BCUT2D eigenvalue weighted by Crippen LogP contribution is -2.39. The van der Waals surface area contributed by atoms with Crippen molar-refractivity contribution in [3.8, 4) is 0 Å². The molecule has 6 nitrogen and oxygen atoms in total. The number of carbonyl (C=O) groups is 2. The molecule has 0 radical (unpaired) electrons. The maximum atomic E-state index is 12.9. The fraction of sp³-hybridized carbons (Fsp3) is 0.263. The van der Waals surface area contributed by atoms with Crippen LogP contribution in [-0.4, -0.2) is 28.9 Å². The predicted molar refractivity (Wildman–Crippen MR) is 92.8 cm³/mol. The van der Waals surface area contributed by atoms with Crippen LogP contribution < -0.4 is 4.90 Å². The second kappa shape index (κ2) is 5.81. The SMILES string of the molecule is Cc1ccc(N2C(=O)[C@H]3N=NN(Cc4cccc(C)c4)[C@@H]3C2=O)cc1. The zero-order chi connectivity index (χ0) is 17.6. The summed E-state index contributed by atoms with van der Waals surface area (Å²) >= 11 is 0. The molecule has 2 atom stereocenters. The number of hydrogen-bond acceptors (Lipinski definition) is 5. The first kappa shape index (κ1) is 15.5. The summed E-state index contributed by atoms with van der Waals surface area (Å²) < 4.78 is 0. The Morgan fingerprint density at radius 3 is 2.44 bits per heavy atom. The molecule has 0 aliphatic carbocycles. The van der Waals surface area contributed by atoms with Gasteiger partial charge >= 0.3 is 0 Å². The fourth-order valence-corrected chi connectivity index (χ4v) is 3.30. The van der Waals surface area contributed by atoms with Crippen molar-refractivity contribution in [2.24, 2.45) is 10.3 Å². The first-order valence-corrected chi connectivity index (χ1v) is 8.22. The summed E-state index contributed by atoms with van der Waals surface area (Å²) in [6.07, 6.45) is 0. The normalized spacial score (nSPS) is 22.0. The molecule has 0 bridgehead atoms. The lowest BCUT2D eigenvalue weighted by molar-refractivity contribution is -0.123. The molecule has 0 spiro atoms. The van der Waals surface area contributed by atoms with Crippen LogP contribution in [0.5, 0.6) is 0 Å². The monoisotopic (exact) mass is 334 g/mol. The first-order valence-electron chi connectivity index (χ1n) is 8.22. The second-order valence-corrected chi connectivity index (χ2v) is 6.53. The van der Waals surface area contributed by atoms with E-state index in [4.69, 9.17) is 0 Å². The molecule has 126 valence electrons. The van der Waals surface area contributed by atoms with Crippen molar-refractivity contribution >= 4 is 17.5 Å². The van der Waals surface area contributed by atoms with Crippen LogP contribution in [0.3, 0.4) is 0 Å². The standard InChI is InChI=1S/C19H18N4O2/c1-12-6-8-15(9-7-12)23-18(24)16-17(19(23)25)22(21-20-16)11-14-5-3-4-13(2)10-14/h3-10,16-17H,11H2,1-2H3/t16-,17-/m0/s1. The largest absolute Gasteiger partial charge is 0.271 e. The van der Waals surface area contributed by atoms with Crippen molar-refractivity contribution in [1.82, 2.24) is 5.01 Å². The van der Waals surface area contributed by atoms with Gasteiger partial charge in [0.25, 0.3) is 11.8 Å². The van der Waals surface area contributed by atoms with Crippen LogP contribution >= 0.6 is 0 Å². The summed E-state index contributed by atoms with van der Waals surface area (Å²) in [6, 6.07) is 13.9. The zero-order valence-electron chi connectivity index (χ0n) is 14.1. The van der Waals surface area contributed by atoms with Gasteiger partial charge < -0.3 is 0 Å². The molecule has 1 saturated heterocycles. The van der Waals surface area contributed by atoms with E-state index in [1.54, 1.807) is 17.1 Å². The third kappa shape index (κ3) is 2.59. The van der Waals surface area contributed by atoms with E-state index < -0.39 is 12.1 Å². The lowest BCUT2D eigenvalue weighted by atomic mass is 10.1. The molecule has 0 N–H and O–H groups in total. The summed E-state index contributed by atoms with van der Waals surface area (Å²) in [7, 11) is 0. The topological polar surface area (TPSA) is 65.3 Å². The maximum absolute atomic E-state index is 12.9. The van der Waals surface area contributed by atoms with Crippen LogP contribution in [0, 0.1) is 13.8 Å². The molecule has 4 rings (SSSR count). The Bertz CT molecular complexity index is 875. The van der Waals surface area contributed by atoms with Crippen molar-refractivity contribution in [3.05, 3.63) is 65.2 Å². The van der Waals surface area contributed by atoms with E-state index in [1.807, 2.05) is 50.2 Å². The highest BCUT2D eigenvalue weighted by molar-refractivity contribution is 6.25. The molecule has 0 unspecified atom stereocenters. The smallest absolute Gasteiger partial charge is 0.263 e. The van der Waals surface area contributed by atoms with Gasteiger partial charge in [0.2, 0.25) is 0 Å². The molecule has 2 aromatic rings. The van der Waals surface area contributed by atoms with Gasteiger partial charge in [-0.1, -0.05) is 52.7 Å². The van der Waals surface area contributed by atoms with Crippen molar-refractivity contribution in [1.29, 1.82) is 0 Å². The van der Waals surface area contributed by atoms with Crippen LogP contribution in [-0.2, 0) is 16.1 Å². The number of amides is 2. The van der Waals surface area contributed by atoms with E-state index in [9.17, 15) is 9.59 Å². The van der Waals surface area contributed by atoms with E-state index in [1.165, 1.54) is 4.90 Å². The summed E-state index contributed by atoms with van der Waals surface area (Å²) in [5, 5.41) is 9.76. The number of anilines is 1. The molecule has 2 heterocycles. The molecule has 2 aliphatic rings. The molecule has 2 aromatic carbocycles. The highest BCUT2D eigenvalue weighted by Crippen LogP contribution is 2.32. The van der Waals surface area contributed by atoms with E-state index in [0.29, 0.717) is 12.2 Å². The molecule has 2 aliphatic heterocycles. The number of hydrogen-bond donors (Lipinski definition) is 0. The quantitative estimate of drug-likeness (QED) is 0.811. The summed E-state index contributed by atoms with van der Waals surface area (Å²) in [4.78, 5) is 26.8. The predicted octanol–water partition coefficient (Wildman–Crippen LogP) is 2.80. The zero-order valence-corrected chi connectivity index (χ0v) is 14.1. The van der Waals surface area contributed by atoms with Crippen LogP contribution in [0.4, 0.5) is 5.69 Å². The molecular weight excluding hydrogens is 316 g/mol. The molecule has 0 saturated carbocycles. The molecular formula is C19H18N4O2. The molecule has 1 fully saturated rings. The van der Waals surface area contributed by atoms with Crippen molar-refractivity contribution in [2.45, 2.75) is 32.5 Å². The average Bonchev–Trinajstić information content (AvgIpc) is 3.10. The summed E-state index contributed by atoms with van der Waals surface area (Å²) in [5.41, 5.74) is 3.83. The molecule has 2 amide bonds. The number of aryl methyl sites for hydroxylation is 2. The Hall–Kier alpha value is -3.02. The minimum Gasteiger partial charge on any atom is -0.271 e. The van der Waals surface area contributed by atoms with Crippen molar-refractivity contribution in [3.63, 3.8) is 0 Å². The van der Waals surface area contributed by atoms with Gasteiger partial charge in [-0.2, -0.15) is 5.11 Å². The lowest BCUT2D eigenvalue weighted by Gasteiger charge is -2.20. The second-order valence-electron chi connectivity index (χ2n) is 6.53. The number of rotatable bonds is 3. The highest BCUT2D eigenvalue weighted by Gasteiger charge is 2.54. The van der Waals surface area contributed by atoms with Gasteiger partial charge in [0.05, 0.1) is 12.2 Å². The van der Waals surface area contributed by atoms with Gasteiger partial charge in [-0.15, -0.1) is 0 Å². The Morgan fingerprint density at radius 2 is 1.72 bits per heavy atom. The third-order valence-corrected chi connectivity index (χ3v) is 4.58. The number of benzene rings is 2. The third-order valence-electron chi connectivity index (χ3n) is 4.58. The molecule has 0 aromatic heterocycles. The summed E-state index contributed by atoms with van der Waals surface area (Å²) in [6.45, 7) is 4.43. The highest BCUT2D eigenvalue weighted by atomic mass is 16.2. The van der Waals surface area contributed by atoms with E-state index >= 15 is 0 Å². The maximum Gasteiger partial charge on any atom is 0.263 e. The van der Waals surface area contributed by atoms with Gasteiger partial charge in [-0.25, -0.2) is 4.90 Å². The van der Waals surface area contributed by atoms with Gasteiger partial charge in [-0.05, 0) is 31.5 Å². The number of carbonyl (C=O) groups excluding carboxylic acids is 2. The van der Waals surface area contributed by atoms with Gasteiger partial charge in [0.15, 0.2) is 12.1 Å². The van der Waals surface area contributed by atoms with E-state index in [0.717, 1.165) is 16.7 Å². The number of imide groups is 1. The average molecular weight is 334 g/mol. The van der Waals surface area contributed by atoms with Crippen LogP contribution in [0.1, 0.15) is 16.7 Å². The number of fused-ring (bicyclic) bond motifs is 1. The van der Waals surface area contributed by atoms with E-state index in [-0.39, 0.29) is 11.8 Å². The molecule has 6 heteroatoms. The van der Waals surface area contributed by atoms with Crippen molar-refractivity contribution in [2.75, 3.05) is 4.90 Å². The molecule has 25 heavy (non-hydrogen) atoms. The van der Waals surface area contributed by atoms with Gasteiger partial charge in [0, 0.05) is 0 Å². The van der Waals surface area contributed by atoms with Gasteiger partial charge in [0.1, 0.15) is 0 Å². The minimum atomic E-state index is -0.751. The van der Waals surface area contributed by atoms with Crippen LogP contribution in [0.25, 0.3) is 0 Å². The van der Waals surface area contributed by atoms with E-state index in [2.05, 4.69) is 10.3 Å². The fourth-order valence-electron chi connectivity index (χ4n) is 3.30. The minimum absolute atomic E-state index is 0.267. The van der Waals surface area contributed by atoms with Crippen LogP contribution in [0.2, 0.25) is 0 Å². The first-order chi connectivity index (χ1) is 12.0. The van der Waals surface area contributed by atoms with Crippen molar-refractivity contribution < 1.29 is 9.59 Å². The Kier molecular flexibility index (Phi) is 3.60. The Balaban J connectivity index is 1.60. The van der Waals surface area contributed by atoms with Crippen LogP contribution in [0.15, 0.2) is 58.9 Å². The Morgan fingerprint density at radius 1 is 0.960 bits per heavy atom. The Labute approximate surface area is 145 Å².